The summed E-state index contributed by atoms with van der Waals surface area (Å²) in [6.45, 7) is 0. The molecule has 22 heavy (non-hydrogen) atoms. The molecule has 0 aliphatic rings. The normalized spacial score (nSPS) is 10.3. The van der Waals surface area contributed by atoms with Gasteiger partial charge in [0.2, 0.25) is 5.75 Å². The summed E-state index contributed by atoms with van der Waals surface area (Å²) < 4.78 is 16.0. The van der Waals surface area contributed by atoms with Crippen LogP contribution in [0.4, 0.5) is 0 Å². The Hall–Kier alpha value is -2.93. The Kier molecular flexibility index (Phi) is 5.05. The molecule has 0 N–H and O–H groups in total. The smallest absolute Gasteiger partial charge is 0.203 e. The number of hydrogen-bond donors (Lipinski definition) is 0. The quantitative estimate of drug-likeness (QED) is 0.788. The minimum absolute atomic E-state index is 0.570. The third-order valence-electron chi connectivity index (χ3n) is 3.20. The van der Waals surface area contributed by atoms with Gasteiger partial charge in [0.05, 0.1) is 33.0 Å². The third kappa shape index (κ3) is 3.39. The van der Waals surface area contributed by atoms with Crippen LogP contribution in [-0.2, 0) is 0 Å². The summed E-state index contributed by atoms with van der Waals surface area (Å²) in [4.78, 5) is 0. The lowest BCUT2D eigenvalue weighted by Crippen LogP contribution is -1.95. The molecular weight excluding hydrogens is 278 g/mol. The summed E-state index contributed by atoms with van der Waals surface area (Å²) in [6.07, 6.45) is 3.91. The molecule has 0 saturated heterocycles. The lowest BCUT2D eigenvalue weighted by molar-refractivity contribution is 0.324. The van der Waals surface area contributed by atoms with Crippen molar-refractivity contribution in [2.45, 2.75) is 0 Å². The molecule has 2 rings (SSSR count). The molecule has 4 nitrogen and oxygen atoms in total. The van der Waals surface area contributed by atoms with Gasteiger partial charge in [-0.25, -0.2) is 0 Å². The summed E-state index contributed by atoms with van der Waals surface area (Å²) in [7, 11) is 4.75. The van der Waals surface area contributed by atoms with Gasteiger partial charge in [0.15, 0.2) is 11.5 Å². The maximum atomic E-state index is 8.79. The van der Waals surface area contributed by atoms with Crippen molar-refractivity contribution in [2.75, 3.05) is 21.3 Å². The molecule has 0 aromatic heterocycles. The topological polar surface area (TPSA) is 51.5 Å². The van der Waals surface area contributed by atoms with Crippen molar-refractivity contribution in [1.29, 1.82) is 5.26 Å². The molecule has 2 aromatic rings. The molecule has 0 heterocycles. The molecule has 0 spiro atoms. The number of rotatable bonds is 5. The Morgan fingerprint density at radius 3 is 1.82 bits per heavy atom. The minimum atomic E-state index is 0.570. The molecule has 0 aliphatic carbocycles. The number of nitrogens with zero attached hydrogens (tertiary/aromatic N) is 1. The summed E-state index contributed by atoms with van der Waals surface area (Å²) in [5.41, 5.74) is 2.58. The summed E-state index contributed by atoms with van der Waals surface area (Å²) in [5, 5.41) is 8.79. The lowest BCUT2D eigenvalue weighted by atomic mass is 10.1. The first-order valence-electron chi connectivity index (χ1n) is 6.70. The van der Waals surface area contributed by atoms with Crippen molar-refractivity contribution in [2.24, 2.45) is 0 Å². The highest BCUT2D eigenvalue weighted by molar-refractivity contribution is 5.72. The van der Waals surface area contributed by atoms with Gasteiger partial charge >= 0.3 is 0 Å². The van der Waals surface area contributed by atoms with Crippen LogP contribution in [0.2, 0.25) is 0 Å². The van der Waals surface area contributed by atoms with Gasteiger partial charge in [-0.3, -0.25) is 0 Å². The van der Waals surface area contributed by atoms with Crippen LogP contribution in [0, 0.1) is 11.3 Å². The zero-order valence-electron chi connectivity index (χ0n) is 12.8. The van der Waals surface area contributed by atoms with Crippen LogP contribution in [0.1, 0.15) is 16.7 Å². The van der Waals surface area contributed by atoms with Gasteiger partial charge in [-0.15, -0.1) is 0 Å². The molecule has 0 unspecified atom stereocenters. The summed E-state index contributed by atoms with van der Waals surface area (Å²) in [5.74, 6) is 1.79. The predicted octanol–water partition coefficient (Wildman–Crippen LogP) is 3.75. The van der Waals surface area contributed by atoms with Crippen molar-refractivity contribution < 1.29 is 14.2 Å². The molecule has 0 atom stereocenters. The highest BCUT2D eigenvalue weighted by Gasteiger charge is 2.11. The number of ether oxygens (including phenoxy) is 3. The van der Waals surface area contributed by atoms with Crippen molar-refractivity contribution >= 4 is 12.2 Å². The van der Waals surface area contributed by atoms with Crippen LogP contribution in [0.25, 0.3) is 12.2 Å². The molecule has 0 amide bonds. The first kappa shape index (κ1) is 15.5. The fourth-order valence-electron chi connectivity index (χ4n) is 2.06. The highest BCUT2D eigenvalue weighted by atomic mass is 16.5. The summed E-state index contributed by atoms with van der Waals surface area (Å²) >= 11 is 0. The van der Waals surface area contributed by atoms with E-state index in [0.717, 1.165) is 11.1 Å². The standard InChI is InChI=1S/C18H17NO3/c1-20-16-10-15(11-17(21-2)18(16)22-3)9-6-13-4-7-14(12-19)8-5-13/h4-11H,1-3H3/b9-6+. The van der Waals surface area contributed by atoms with Crippen LogP contribution in [-0.4, -0.2) is 21.3 Å². The Morgan fingerprint density at radius 2 is 1.36 bits per heavy atom. The van der Waals surface area contributed by atoms with E-state index in [1.165, 1.54) is 0 Å². The van der Waals surface area contributed by atoms with E-state index in [-0.39, 0.29) is 0 Å². The van der Waals surface area contributed by atoms with Crippen molar-refractivity contribution in [3.8, 4) is 23.3 Å². The van der Waals surface area contributed by atoms with Gasteiger partial charge in [-0.05, 0) is 35.4 Å². The molecule has 112 valence electrons. The minimum Gasteiger partial charge on any atom is -0.493 e. The van der Waals surface area contributed by atoms with Gasteiger partial charge < -0.3 is 14.2 Å². The van der Waals surface area contributed by atoms with E-state index in [1.807, 2.05) is 36.4 Å². The zero-order valence-corrected chi connectivity index (χ0v) is 12.8. The number of methoxy groups -OCH3 is 3. The maximum absolute atomic E-state index is 8.79. The first-order chi connectivity index (χ1) is 10.7. The van der Waals surface area contributed by atoms with Gasteiger partial charge in [-0.1, -0.05) is 24.3 Å². The number of hydrogen-bond acceptors (Lipinski definition) is 4. The van der Waals surface area contributed by atoms with Crippen LogP contribution < -0.4 is 14.2 Å². The fraction of sp³-hybridized carbons (Fsp3) is 0.167. The fourth-order valence-corrected chi connectivity index (χ4v) is 2.06. The molecule has 0 bridgehead atoms. The second kappa shape index (κ2) is 7.19. The van der Waals surface area contributed by atoms with Crippen molar-refractivity contribution in [1.82, 2.24) is 0 Å². The van der Waals surface area contributed by atoms with Gasteiger partial charge in [0.25, 0.3) is 0 Å². The van der Waals surface area contributed by atoms with Gasteiger partial charge in [-0.2, -0.15) is 5.26 Å². The van der Waals surface area contributed by atoms with E-state index in [2.05, 4.69) is 6.07 Å². The third-order valence-corrected chi connectivity index (χ3v) is 3.20. The molecule has 2 aromatic carbocycles. The van der Waals surface area contributed by atoms with Crippen molar-refractivity contribution in [3.05, 3.63) is 53.1 Å². The molecule has 0 fully saturated rings. The number of benzene rings is 2. The Bertz CT molecular complexity index is 687. The average molecular weight is 295 g/mol. The Balaban J connectivity index is 2.32. The predicted molar refractivity (Wildman–Crippen MR) is 86.2 cm³/mol. The molecular formula is C18H17NO3. The van der Waals surface area contributed by atoms with Crippen molar-refractivity contribution in [3.63, 3.8) is 0 Å². The van der Waals surface area contributed by atoms with Crippen LogP contribution in [0.15, 0.2) is 36.4 Å². The Morgan fingerprint density at radius 1 is 0.818 bits per heavy atom. The molecule has 0 radical (unpaired) electrons. The van der Waals surface area contributed by atoms with E-state index >= 15 is 0 Å². The maximum Gasteiger partial charge on any atom is 0.203 e. The van der Waals surface area contributed by atoms with E-state index < -0.39 is 0 Å². The van der Waals surface area contributed by atoms with E-state index in [1.54, 1.807) is 33.5 Å². The van der Waals surface area contributed by atoms with Crippen LogP contribution >= 0.6 is 0 Å². The van der Waals surface area contributed by atoms with E-state index in [4.69, 9.17) is 19.5 Å². The highest BCUT2D eigenvalue weighted by Crippen LogP contribution is 2.38. The first-order valence-corrected chi connectivity index (χ1v) is 6.70. The summed E-state index contributed by atoms with van der Waals surface area (Å²) in [6, 6.07) is 13.2. The zero-order chi connectivity index (χ0) is 15.9. The second-order valence-corrected chi connectivity index (χ2v) is 4.53. The molecule has 0 aliphatic heterocycles. The Labute approximate surface area is 130 Å². The monoisotopic (exact) mass is 295 g/mol. The van der Waals surface area contributed by atoms with Gasteiger partial charge in [0.1, 0.15) is 0 Å². The number of nitriles is 1. The van der Waals surface area contributed by atoms with Gasteiger partial charge in [0, 0.05) is 0 Å². The van der Waals surface area contributed by atoms with E-state index in [9.17, 15) is 0 Å². The SMILES string of the molecule is COc1cc(/C=C/c2ccc(C#N)cc2)cc(OC)c1OC. The largest absolute Gasteiger partial charge is 0.493 e. The van der Waals surface area contributed by atoms with Crippen LogP contribution in [0.5, 0.6) is 17.2 Å². The molecule has 4 heteroatoms. The average Bonchev–Trinajstić information content (AvgIpc) is 2.59. The lowest BCUT2D eigenvalue weighted by Gasteiger charge is -2.12. The van der Waals surface area contributed by atoms with Crippen LogP contribution in [0.3, 0.4) is 0 Å². The van der Waals surface area contributed by atoms with E-state index in [0.29, 0.717) is 22.8 Å². The second-order valence-electron chi connectivity index (χ2n) is 4.53. The molecule has 0 saturated carbocycles.